The van der Waals surface area contributed by atoms with Gasteiger partial charge < -0.3 is 9.64 Å². The predicted molar refractivity (Wildman–Crippen MR) is 64.0 cm³/mol. The van der Waals surface area contributed by atoms with Crippen molar-refractivity contribution in [3.05, 3.63) is 23.8 Å². The summed E-state index contributed by atoms with van der Waals surface area (Å²) < 4.78 is 5.36. The summed E-state index contributed by atoms with van der Waals surface area (Å²) >= 11 is 0. The minimum absolute atomic E-state index is 0.108. The van der Waals surface area contributed by atoms with Gasteiger partial charge >= 0.3 is 0 Å². The quantitative estimate of drug-likeness (QED) is 0.725. The van der Waals surface area contributed by atoms with Crippen molar-refractivity contribution >= 4 is 11.6 Å². The van der Waals surface area contributed by atoms with Crippen LogP contribution in [0.15, 0.2) is 18.2 Å². The lowest BCUT2D eigenvalue weighted by Gasteiger charge is -2.22. The van der Waals surface area contributed by atoms with Crippen molar-refractivity contribution in [2.45, 2.75) is 26.2 Å². The molecule has 0 N–H and O–H groups in total. The van der Waals surface area contributed by atoms with Gasteiger partial charge in [-0.1, -0.05) is 6.07 Å². The molecule has 0 saturated carbocycles. The largest absolute Gasteiger partial charge is 0.496 e. The first-order valence-electron chi connectivity index (χ1n) is 5.68. The fraction of sp³-hybridized carbons (Fsp3) is 0.462. The van der Waals surface area contributed by atoms with Crippen LogP contribution in [-0.4, -0.2) is 19.6 Å². The number of hydrogen-bond donors (Lipinski definition) is 0. The summed E-state index contributed by atoms with van der Waals surface area (Å²) in [6.45, 7) is 2.43. The zero-order valence-corrected chi connectivity index (χ0v) is 9.82. The van der Waals surface area contributed by atoms with Crippen molar-refractivity contribution in [3.8, 4) is 5.75 Å². The van der Waals surface area contributed by atoms with Crippen molar-refractivity contribution in [2.24, 2.45) is 0 Å². The van der Waals surface area contributed by atoms with Gasteiger partial charge in [0.1, 0.15) is 5.75 Å². The van der Waals surface area contributed by atoms with Gasteiger partial charge in [0.2, 0.25) is 5.91 Å². The topological polar surface area (TPSA) is 29.5 Å². The summed E-state index contributed by atoms with van der Waals surface area (Å²) in [4.78, 5) is 13.5. The molecule has 0 saturated heterocycles. The molecule has 0 unspecified atom stereocenters. The molecule has 0 bridgehead atoms. The number of carbonyl (C=O) groups excluding carboxylic acids is 1. The van der Waals surface area contributed by atoms with E-state index in [-0.39, 0.29) is 5.91 Å². The van der Waals surface area contributed by atoms with Crippen LogP contribution in [0.1, 0.15) is 25.3 Å². The van der Waals surface area contributed by atoms with Crippen LogP contribution in [-0.2, 0) is 11.2 Å². The number of amides is 1. The SMILES string of the molecule is COc1cccc2c1CCCCN2C(C)=O. The van der Waals surface area contributed by atoms with Gasteiger partial charge in [-0.3, -0.25) is 4.79 Å². The Bertz CT molecular complexity index is 401. The number of anilines is 1. The molecule has 16 heavy (non-hydrogen) atoms. The molecule has 0 aliphatic carbocycles. The summed E-state index contributed by atoms with van der Waals surface area (Å²) in [6, 6.07) is 5.91. The molecule has 0 atom stereocenters. The molecule has 86 valence electrons. The van der Waals surface area contributed by atoms with E-state index in [1.165, 1.54) is 0 Å². The standard InChI is InChI=1S/C13H17NO2/c1-10(15)14-9-4-3-6-11-12(14)7-5-8-13(11)16-2/h5,7-8H,3-4,6,9H2,1-2H3. The van der Waals surface area contributed by atoms with Gasteiger partial charge in [-0.05, 0) is 31.4 Å². The number of ether oxygens (including phenoxy) is 1. The van der Waals surface area contributed by atoms with E-state index >= 15 is 0 Å². The Labute approximate surface area is 96.0 Å². The molecular weight excluding hydrogens is 202 g/mol. The fourth-order valence-corrected chi connectivity index (χ4v) is 2.27. The van der Waals surface area contributed by atoms with Crippen LogP contribution in [0.25, 0.3) is 0 Å². The van der Waals surface area contributed by atoms with Crippen molar-refractivity contribution in [1.29, 1.82) is 0 Å². The summed E-state index contributed by atoms with van der Waals surface area (Å²) in [6.07, 6.45) is 3.15. The first-order chi connectivity index (χ1) is 7.74. The van der Waals surface area contributed by atoms with Gasteiger partial charge in [-0.25, -0.2) is 0 Å². The minimum Gasteiger partial charge on any atom is -0.496 e. The predicted octanol–water partition coefficient (Wildman–Crippen LogP) is 2.38. The van der Waals surface area contributed by atoms with Crippen molar-refractivity contribution in [2.75, 3.05) is 18.6 Å². The first-order valence-corrected chi connectivity index (χ1v) is 5.68. The van der Waals surface area contributed by atoms with E-state index in [0.717, 1.165) is 42.8 Å². The Morgan fingerprint density at radius 1 is 1.38 bits per heavy atom. The van der Waals surface area contributed by atoms with E-state index in [0.29, 0.717) is 0 Å². The molecule has 1 aromatic rings. The third kappa shape index (κ3) is 1.90. The number of fused-ring (bicyclic) bond motifs is 1. The second-order valence-corrected chi connectivity index (χ2v) is 4.09. The van der Waals surface area contributed by atoms with Crippen LogP contribution >= 0.6 is 0 Å². The van der Waals surface area contributed by atoms with Crippen LogP contribution in [0.4, 0.5) is 5.69 Å². The highest BCUT2D eigenvalue weighted by molar-refractivity contribution is 5.92. The van der Waals surface area contributed by atoms with Gasteiger partial charge in [0.15, 0.2) is 0 Å². The Morgan fingerprint density at radius 3 is 2.88 bits per heavy atom. The van der Waals surface area contributed by atoms with E-state index in [1.54, 1.807) is 14.0 Å². The fourth-order valence-electron chi connectivity index (χ4n) is 2.27. The minimum atomic E-state index is 0.108. The average Bonchev–Trinajstić information content (AvgIpc) is 2.50. The monoisotopic (exact) mass is 219 g/mol. The van der Waals surface area contributed by atoms with Crippen LogP contribution < -0.4 is 9.64 Å². The highest BCUT2D eigenvalue weighted by Gasteiger charge is 2.20. The van der Waals surface area contributed by atoms with Crippen molar-refractivity contribution in [3.63, 3.8) is 0 Å². The van der Waals surface area contributed by atoms with E-state index in [9.17, 15) is 4.79 Å². The number of rotatable bonds is 1. The van der Waals surface area contributed by atoms with E-state index < -0.39 is 0 Å². The van der Waals surface area contributed by atoms with Crippen molar-refractivity contribution in [1.82, 2.24) is 0 Å². The second kappa shape index (κ2) is 4.56. The van der Waals surface area contributed by atoms with Gasteiger partial charge in [0, 0.05) is 19.0 Å². The van der Waals surface area contributed by atoms with Crippen LogP contribution in [0.5, 0.6) is 5.75 Å². The summed E-state index contributed by atoms with van der Waals surface area (Å²) in [5.74, 6) is 1.00. The smallest absolute Gasteiger partial charge is 0.223 e. The molecule has 1 aliphatic rings. The van der Waals surface area contributed by atoms with E-state index in [2.05, 4.69) is 0 Å². The molecular formula is C13H17NO2. The highest BCUT2D eigenvalue weighted by atomic mass is 16.5. The third-order valence-electron chi connectivity index (χ3n) is 3.06. The van der Waals surface area contributed by atoms with Crippen LogP contribution in [0, 0.1) is 0 Å². The maximum atomic E-state index is 11.6. The molecule has 0 radical (unpaired) electrons. The number of benzene rings is 1. The molecule has 1 aliphatic heterocycles. The number of hydrogen-bond acceptors (Lipinski definition) is 2. The number of nitrogens with zero attached hydrogens (tertiary/aromatic N) is 1. The molecule has 0 aromatic heterocycles. The average molecular weight is 219 g/mol. The lowest BCUT2D eigenvalue weighted by molar-refractivity contribution is -0.116. The lowest BCUT2D eigenvalue weighted by Crippen LogP contribution is -2.29. The Hall–Kier alpha value is -1.51. The van der Waals surface area contributed by atoms with Gasteiger partial charge in [-0.15, -0.1) is 0 Å². The molecule has 2 rings (SSSR count). The molecule has 1 heterocycles. The van der Waals surface area contributed by atoms with E-state index in [1.807, 2.05) is 23.1 Å². The highest BCUT2D eigenvalue weighted by Crippen LogP contribution is 2.33. The van der Waals surface area contributed by atoms with E-state index in [4.69, 9.17) is 4.74 Å². The maximum Gasteiger partial charge on any atom is 0.223 e. The Morgan fingerprint density at radius 2 is 2.19 bits per heavy atom. The lowest BCUT2D eigenvalue weighted by atomic mass is 10.1. The summed E-state index contributed by atoms with van der Waals surface area (Å²) in [5, 5.41) is 0. The number of methoxy groups -OCH3 is 1. The zero-order valence-electron chi connectivity index (χ0n) is 9.82. The molecule has 3 heteroatoms. The molecule has 1 amide bonds. The first kappa shape index (κ1) is 11.0. The second-order valence-electron chi connectivity index (χ2n) is 4.09. The molecule has 3 nitrogen and oxygen atoms in total. The third-order valence-corrected chi connectivity index (χ3v) is 3.06. The molecule has 1 aromatic carbocycles. The Kier molecular flexibility index (Phi) is 3.13. The summed E-state index contributed by atoms with van der Waals surface area (Å²) in [7, 11) is 1.68. The molecule has 0 fully saturated rings. The van der Waals surface area contributed by atoms with Gasteiger partial charge in [0.05, 0.1) is 12.8 Å². The molecule has 0 spiro atoms. The van der Waals surface area contributed by atoms with Crippen LogP contribution in [0.2, 0.25) is 0 Å². The zero-order chi connectivity index (χ0) is 11.5. The van der Waals surface area contributed by atoms with Crippen LogP contribution in [0.3, 0.4) is 0 Å². The van der Waals surface area contributed by atoms with Gasteiger partial charge in [0.25, 0.3) is 0 Å². The summed E-state index contributed by atoms with van der Waals surface area (Å²) in [5.41, 5.74) is 2.18. The number of carbonyl (C=O) groups is 1. The maximum absolute atomic E-state index is 11.6. The van der Waals surface area contributed by atoms with Crippen molar-refractivity contribution < 1.29 is 9.53 Å². The Balaban J connectivity index is 2.49. The van der Waals surface area contributed by atoms with Gasteiger partial charge in [-0.2, -0.15) is 0 Å². The normalized spacial score (nSPS) is 15.2.